The number of nitrogens with one attached hydrogen (secondary N) is 1. The van der Waals surface area contributed by atoms with Crippen molar-refractivity contribution < 1.29 is 9.15 Å². The maximum Gasteiger partial charge on any atom is 0.419 e. The molecule has 114 valence electrons. The summed E-state index contributed by atoms with van der Waals surface area (Å²) in [5, 5.41) is 3.52. The molecule has 1 aliphatic rings. The van der Waals surface area contributed by atoms with Crippen LogP contribution in [0.3, 0.4) is 0 Å². The molecule has 1 aromatic heterocycles. The van der Waals surface area contributed by atoms with E-state index in [0.717, 1.165) is 37.1 Å². The second-order valence-electron chi connectivity index (χ2n) is 5.91. The van der Waals surface area contributed by atoms with Crippen LogP contribution in [-0.4, -0.2) is 23.3 Å². The molecule has 1 saturated heterocycles. The predicted octanol–water partition coefficient (Wildman–Crippen LogP) is 2.35. The van der Waals surface area contributed by atoms with Gasteiger partial charge in [-0.2, -0.15) is 0 Å². The van der Waals surface area contributed by atoms with Crippen LogP contribution in [0.25, 0.3) is 11.1 Å². The molecule has 1 aliphatic heterocycles. The third kappa shape index (κ3) is 2.40. The van der Waals surface area contributed by atoms with Gasteiger partial charge in [0.1, 0.15) is 0 Å². The largest absolute Gasteiger partial charge is 0.419 e. The first-order valence-electron chi connectivity index (χ1n) is 7.52. The molecule has 1 fully saturated rings. The van der Waals surface area contributed by atoms with Crippen LogP contribution in [0.2, 0.25) is 0 Å². The molecule has 2 heterocycles. The lowest BCUT2D eigenvalue weighted by Gasteiger charge is -2.34. The van der Waals surface area contributed by atoms with Crippen LogP contribution in [0, 0.1) is 0 Å². The van der Waals surface area contributed by atoms with Crippen molar-refractivity contribution in [2.75, 3.05) is 13.2 Å². The topological polar surface area (TPSA) is 56.4 Å². The molecule has 1 N–H and O–H groups in total. The summed E-state index contributed by atoms with van der Waals surface area (Å²) < 4.78 is 12.8. The van der Waals surface area contributed by atoms with Gasteiger partial charge in [0.2, 0.25) is 0 Å². The Morgan fingerprint density at radius 2 is 2.29 bits per heavy atom. The number of oxazole rings is 1. The summed E-state index contributed by atoms with van der Waals surface area (Å²) in [5.41, 5.74) is 2.34. The average Bonchev–Trinajstić information content (AvgIpc) is 3.02. The quantitative estimate of drug-likeness (QED) is 0.939. The molecule has 0 amide bonds. The lowest BCUT2D eigenvalue weighted by atomic mass is 9.87. The molecule has 2 atom stereocenters. The van der Waals surface area contributed by atoms with E-state index in [4.69, 9.17) is 9.15 Å². The first-order chi connectivity index (χ1) is 10.0. The SMILES string of the molecule is CCNC(c1ccc2c(c1)oc(=O)n2C)C1(C)CCCO1. The number of ether oxygens (including phenoxy) is 1. The van der Waals surface area contributed by atoms with Gasteiger partial charge in [-0.05, 0) is 44.0 Å². The monoisotopic (exact) mass is 290 g/mol. The number of aromatic nitrogens is 1. The van der Waals surface area contributed by atoms with E-state index in [-0.39, 0.29) is 17.4 Å². The number of aryl methyl sites for hydroxylation is 1. The number of hydrogen-bond donors (Lipinski definition) is 1. The van der Waals surface area contributed by atoms with E-state index in [2.05, 4.69) is 25.2 Å². The molecule has 0 aliphatic carbocycles. The normalized spacial score (nSPS) is 23.8. The van der Waals surface area contributed by atoms with Crippen LogP contribution >= 0.6 is 0 Å². The fraction of sp³-hybridized carbons (Fsp3) is 0.562. The minimum atomic E-state index is -0.328. The summed E-state index contributed by atoms with van der Waals surface area (Å²) in [4.78, 5) is 11.6. The Kier molecular flexibility index (Phi) is 3.63. The standard InChI is InChI=1S/C16H22N2O3/c1-4-17-14(16(2)8-5-9-20-16)11-6-7-12-13(10-11)21-15(19)18(12)3/h6-7,10,14,17H,4-5,8-9H2,1-3H3. The minimum Gasteiger partial charge on any atom is -0.408 e. The first-order valence-corrected chi connectivity index (χ1v) is 7.52. The van der Waals surface area contributed by atoms with E-state index in [0.29, 0.717) is 5.58 Å². The van der Waals surface area contributed by atoms with Gasteiger partial charge >= 0.3 is 5.76 Å². The molecular formula is C16H22N2O3. The summed E-state index contributed by atoms with van der Waals surface area (Å²) in [6.45, 7) is 5.91. The molecule has 0 saturated carbocycles. The van der Waals surface area contributed by atoms with Crippen LogP contribution in [0.5, 0.6) is 0 Å². The summed E-state index contributed by atoms with van der Waals surface area (Å²) >= 11 is 0. The Labute approximate surface area is 123 Å². The molecule has 0 spiro atoms. The van der Waals surface area contributed by atoms with E-state index in [1.54, 1.807) is 7.05 Å². The molecule has 0 radical (unpaired) electrons. The first kappa shape index (κ1) is 14.4. The molecule has 2 unspecified atom stereocenters. The van der Waals surface area contributed by atoms with Gasteiger partial charge in [-0.25, -0.2) is 4.79 Å². The fourth-order valence-corrected chi connectivity index (χ4v) is 3.25. The van der Waals surface area contributed by atoms with Crippen LogP contribution in [0.4, 0.5) is 0 Å². The van der Waals surface area contributed by atoms with E-state index in [1.165, 1.54) is 4.57 Å². The maximum atomic E-state index is 11.6. The van der Waals surface area contributed by atoms with Crippen LogP contribution < -0.4 is 11.1 Å². The molecule has 1 aromatic carbocycles. The van der Waals surface area contributed by atoms with E-state index in [1.807, 2.05) is 12.1 Å². The maximum absolute atomic E-state index is 11.6. The van der Waals surface area contributed by atoms with Crippen LogP contribution in [0.1, 0.15) is 38.3 Å². The number of benzene rings is 1. The zero-order valence-corrected chi connectivity index (χ0v) is 12.8. The minimum absolute atomic E-state index is 0.0971. The van der Waals surface area contributed by atoms with Gasteiger partial charge in [0.15, 0.2) is 5.58 Å². The number of rotatable bonds is 4. The lowest BCUT2D eigenvalue weighted by Crippen LogP contribution is -2.41. The second-order valence-corrected chi connectivity index (χ2v) is 5.91. The van der Waals surface area contributed by atoms with Crippen molar-refractivity contribution >= 4 is 11.1 Å². The third-order valence-electron chi connectivity index (χ3n) is 4.42. The average molecular weight is 290 g/mol. The highest BCUT2D eigenvalue weighted by molar-refractivity contribution is 5.73. The summed E-state index contributed by atoms with van der Waals surface area (Å²) in [6.07, 6.45) is 2.11. The Balaban J connectivity index is 2.05. The number of nitrogens with zero attached hydrogens (tertiary/aromatic N) is 1. The van der Waals surface area contributed by atoms with E-state index < -0.39 is 0 Å². The second kappa shape index (κ2) is 5.31. The van der Waals surface area contributed by atoms with Crippen molar-refractivity contribution in [3.63, 3.8) is 0 Å². The highest BCUT2D eigenvalue weighted by Crippen LogP contribution is 2.38. The molecular weight excluding hydrogens is 268 g/mol. The Hall–Kier alpha value is -1.59. The van der Waals surface area contributed by atoms with Gasteiger partial charge in [0.05, 0.1) is 17.2 Å². The highest BCUT2D eigenvalue weighted by Gasteiger charge is 2.39. The molecule has 0 bridgehead atoms. The number of likely N-dealkylation sites (N-methyl/N-ethyl adjacent to an activating group) is 1. The van der Waals surface area contributed by atoms with Gasteiger partial charge in [0.25, 0.3) is 0 Å². The summed E-state index contributed by atoms with van der Waals surface area (Å²) in [5.74, 6) is -0.328. The van der Waals surface area contributed by atoms with Gasteiger partial charge in [-0.3, -0.25) is 4.57 Å². The van der Waals surface area contributed by atoms with Gasteiger partial charge in [-0.1, -0.05) is 13.0 Å². The van der Waals surface area contributed by atoms with E-state index >= 15 is 0 Å². The molecule has 21 heavy (non-hydrogen) atoms. The van der Waals surface area contributed by atoms with E-state index in [9.17, 15) is 4.79 Å². The van der Waals surface area contributed by atoms with Crippen LogP contribution in [0.15, 0.2) is 27.4 Å². The van der Waals surface area contributed by atoms with Crippen LogP contribution in [-0.2, 0) is 11.8 Å². The van der Waals surface area contributed by atoms with Crippen molar-refractivity contribution in [1.29, 1.82) is 0 Å². The van der Waals surface area contributed by atoms with Crippen molar-refractivity contribution in [2.45, 2.75) is 38.3 Å². The Bertz CT molecular complexity index is 695. The van der Waals surface area contributed by atoms with Crippen molar-refractivity contribution in [1.82, 2.24) is 9.88 Å². The summed E-state index contributed by atoms with van der Waals surface area (Å²) in [6, 6.07) is 6.05. The smallest absolute Gasteiger partial charge is 0.408 e. The van der Waals surface area contributed by atoms with Gasteiger partial charge in [0, 0.05) is 13.7 Å². The number of hydrogen-bond acceptors (Lipinski definition) is 4. The molecule has 2 aromatic rings. The van der Waals surface area contributed by atoms with Gasteiger partial charge in [-0.15, -0.1) is 0 Å². The molecule has 3 rings (SSSR count). The predicted molar refractivity (Wildman–Crippen MR) is 81.5 cm³/mol. The zero-order valence-electron chi connectivity index (χ0n) is 12.8. The zero-order chi connectivity index (χ0) is 15.0. The van der Waals surface area contributed by atoms with Crippen molar-refractivity contribution in [2.24, 2.45) is 7.05 Å². The van der Waals surface area contributed by atoms with Crippen molar-refractivity contribution in [3.8, 4) is 0 Å². The molecule has 5 nitrogen and oxygen atoms in total. The third-order valence-corrected chi connectivity index (χ3v) is 4.42. The highest BCUT2D eigenvalue weighted by atomic mass is 16.5. The van der Waals surface area contributed by atoms with Crippen molar-refractivity contribution in [3.05, 3.63) is 34.3 Å². The summed E-state index contributed by atoms with van der Waals surface area (Å²) in [7, 11) is 1.72. The Morgan fingerprint density at radius 3 is 2.95 bits per heavy atom. The number of fused-ring (bicyclic) bond motifs is 1. The molecule has 5 heteroatoms. The lowest BCUT2D eigenvalue weighted by molar-refractivity contribution is -0.0120. The van der Waals surface area contributed by atoms with Gasteiger partial charge < -0.3 is 14.5 Å². The Morgan fingerprint density at radius 1 is 1.48 bits per heavy atom. The fourth-order valence-electron chi connectivity index (χ4n) is 3.25.